The van der Waals surface area contributed by atoms with Gasteiger partial charge >= 0.3 is 0 Å². The molecule has 2 amide bonds. The number of carbonyl (C=O) groups is 2. The summed E-state index contributed by atoms with van der Waals surface area (Å²) in [5, 5.41) is 4.68. The maximum Gasteiger partial charge on any atom is 0.241 e. The Balaban J connectivity index is 2.34. The number of nitrogens with zero attached hydrogens (tertiary/aromatic N) is 2. The van der Waals surface area contributed by atoms with Gasteiger partial charge < -0.3 is 16.0 Å². The highest BCUT2D eigenvalue weighted by molar-refractivity contribution is 7.13. The van der Waals surface area contributed by atoms with Gasteiger partial charge in [0, 0.05) is 19.5 Å². The summed E-state index contributed by atoms with van der Waals surface area (Å²) in [7, 11) is 3.27. The molecule has 1 aromatic rings. The van der Waals surface area contributed by atoms with E-state index in [4.69, 9.17) is 5.73 Å². The number of nitrogen functional groups attached to an aromatic ring is 1. The van der Waals surface area contributed by atoms with Crippen molar-refractivity contribution in [2.24, 2.45) is 0 Å². The van der Waals surface area contributed by atoms with Crippen molar-refractivity contribution in [3.05, 3.63) is 11.1 Å². The average molecular weight is 242 g/mol. The summed E-state index contributed by atoms with van der Waals surface area (Å²) < 4.78 is 0. The van der Waals surface area contributed by atoms with E-state index in [0.717, 1.165) is 0 Å². The van der Waals surface area contributed by atoms with Crippen molar-refractivity contribution < 1.29 is 9.59 Å². The summed E-state index contributed by atoms with van der Waals surface area (Å²) >= 11 is 1.29. The van der Waals surface area contributed by atoms with E-state index < -0.39 is 0 Å². The van der Waals surface area contributed by atoms with E-state index in [1.54, 1.807) is 19.5 Å². The zero-order valence-corrected chi connectivity index (χ0v) is 10.0. The van der Waals surface area contributed by atoms with Gasteiger partial charge in [0.1, 0.15) is 0 Å². The van der Waals surface area contributed by atoms with Crippen molar-refractivity contribution in [2.45, 2.75) is 6.42 Å². The maximum absolute atomic E-state index is 11.4. The second kappa shape index (κ2) is 5.45. The lowest BCUT2D eigenvalue weighted by atomic mass is 10.3. The summed E-state index contributed by atoms with van der Waals surface area (Å²) in [6.45, 7) is 0.00541. The van der Waals surface area contributed by atoms with Crippen molar-refractivity contribution in [2.75, 3.05) is 26.4 Å². The molecule has 0 saturated heterocycles. The molecule has 6 nitrogen and oxygen atoms in total. The van der Waals surface area contributed by atoms with Gasteiger partial charge in [0.2, 0.25) is 11.8 Å². The molecule has 1 heterocycles. The van der Waals surface area contributed by atoms with Crippen LogP contribution in [0.5, 0.6) is 0 Å². The van der Waals surface area contributed by atoms with Crippen LogP contribution in [0.3, 0.4) is 0 Å². The number of carbonyl (C=O) groups excluding carboxylic acids is 2. The largest absolute Gasteiger partial charge is 0.375 e. The number of rotatable bonds is 4. The summed E-state index contributed by atoms with van der Waals surface area (Å²) in [5.41, 5.74) is 6.05. The highest BCUT2D eigenvalue weighted by Gasteiger charge is 2.09. The number of nitrogens with two attached hydrogens (primary N) is 1. The zero-order valence-electron chi connectivity index (χ0n) is 9.19. The van der Waals surface area contributed by atoms with Crippen molar-refractivity contribution >= 4 is 28.3 Å². The van der Waals surface area contributed by atoms with Crippen molar-refractivity contribution in [3.63, 3.8) is 0 Å². The van der Waals surface area contributed by atoms with Gasteiger partial charge in [-0.1, -0.05) is 0 Å². The number of hydrogen-bond donors (Lipinski definition) is 2. The molecule has 3 N–H and O–H groups in total. The second-order valence-corrected chi connectivity index (χ2v) is 4.31. The van der Waals surface area contributed by atoms with Gasteiger partial charge in [0.15, 0.2) is 5.13 Å². The van der Waals surface area contributed by atoms with Crippen molar-refractivity contribution in [1.29, 1.82) is 0 Å². The number of hydrogen-bond acceptors (Lipinski definition) is 5. The molecule has 0 atom stereocenters. The van der Waals surface area contributed by atoms with Crippen LogP contribution in [0.15, 0.2) is 5.38 Å². The highest BCUT2D eigenvalue weighted by atomic mass is 32.1. The molecule has 0 aliphatic rings. The van der Waals surface area contributed by atoms with E-state index >= 15 is 0 Å². The number of anilines is 1. The second-order valence-electron chi connectivity index (χ2n) is 3.42. The Hall–Kier alpha value is -1.63. The van der Waals surface area contributed by atoms with Gasteiger partial charge in [0.25, 0.3) is 0 Å². The average Bonchev–Trinajstić information content (AvgIpc) is 2.60. The minimum Gasteiger partial charge on any atom is -0.375 e. The van der Waals surface area contributed by atoms with E-state index in [-0.39, 0.29) is 24.8 Å². The molecule has 88 valence electrons. The first kappa shape index (κ1) is 12.4. The standard InChI is InChI=1S/C9H14N4O2S/c1-13(2)8(15)4-11-7(14)3-6-5-16-9(10)12-6/h5H,3-4H2,1-2H3,(H2,10,12)(H,11,14). The third-order valence-electron chi connectivity index (χ3n) is 1.85. The van der Waals surface area contributed by atoms with Crippen LogP contribution in [-0.2, 0) is 16.0 Å². The smallest absolute Gasteiger partial charge is 0.241 e. The molecule has 7 heteroatoms. The summed E-state index contributed by atoms with van der Waals surface area (Å²) in [4.78, 5) is 27.9. The van der Waals surface area contributed by atoms with Gasteiger partial charge in [-0.15, -0.1) is 11.3 Å². The van der Waals surface area contributed by atoms with Crippen LogP contribution in [0.25, 0.3) is 0 Å². The Morgan fingerprint density at radius 1 is 1.56 bits per heavy atom. The van der Waals surface area contributed by atoms with Crippen LogP contribution < -0.4 is 11.1 Å². The molecule has 16 heavy (non-hydrogen) atoms. The third kappa shape index (κ3) is 3.85. The number of thiazole rings is 1. The number of aromatic nitrogens is 1. The van der Waals surface area contributed by atoms with Crippen molar-refractivity contribution in [3.8, 4) is 0 Å². The molecule has 0 fully saturated rings. The van der Waals surface area contributed by atoms with E-state index in [9.17, 15) is 9.59 Å². The fourth-order valence-corrected chi connectivity index (χ4v) is 1.53. The van der Waals surface area contributed by atoms with E-state index in [2.05, 4.69) is 10.3 Å². The van der Waals surface area contributed by atoms with Crippen LogP contribution in [0.4, 0.5) is 5.13 Å². The molecule has 0 radical (unpaired) electrons. The fourth-order valence-electron chi connectivity index (χ4n) is 0.963. The molecule has 0 aliphatic carbocycles. The summed E-state index contributed by atoms with van der Waals surface area (Å²) in [6, 6.07) is 0. The van der Waals surface area contributed by atoms with Gasteiger partial charge in [-0.2, -0.15) is 0 Å². The van der Waals surface area contributed by atoms with Crippen LogP contribution in [0, 0.1) is 0 Å². The molecule has 0 saturated carbocycles. The molecule has 0 unspecified atom stereocenters. The molecular weight excluding hydrogens is 228 g/mol. The molecule has 0 aliphatic heterocycles. The molecule has 0 spiro atoms. The van der Waals surface area contributed by atoms with Gasteiger partial charge in [-0.25, -0.2) is 4.98 Å². The fraction of sp³-hybridized carbons (Fsp3) is 0.444. The number of nitrogens with one attached hydrogen (secondary N) is 1. The lowest BCUT2D eigenvalue weighted by Gasteiger charge is -2.10. The van der Waals surface area contributed by atoms with E-state index in [1.165, 1.54) is 16.2 Å². The van der Waals surface area contributed by atoms with Crippen LogP contribution in [0.1, 0.15) is 5.69 Å². The van der Waals surface area contributed by atoms with E-state index in [0.29, 0.717) is 10.8 Å². The monoisotopic (exact) mass is 242 g/mol. The molecule has 1 rings (SSSR count). The third-order valence-corrected chi connectivity index (χ3v) is 2.57. The predicted octanol–water partition coefficient (Wildman–Crippen LogP) is -0.528. The molecular formula is C9H14N4O2S. The lowest BCUT2D eigenvalue weighted by molar-refractivity contribution is -0.130. The highest BCUT2D eigenvalue weighted by Crippen LogP contribution is 2.10. The maximum atomic E-state index is 11.4. The van der Waals surface area contributed by atoms with Crippen LogP contribution in [-0.4, -0.2) is 42.3 Å². The van der Waals surface area contributed by atoms with Crippen molar-refractivity contribution in [1.82, 2.24) is 15.2 Å². The first-order chi connectivity index (χ1) is 7.49. The number of amides is 2. The molecule has 0 aromatic carbocycles. The normalized spacial score (nSPS) is 9.88. The van der Waals surface area contributed by atoms with Gasteiger partial charge in [0.05, 0.1) is 18.7 Å². The molecule has 1 aromatic heterocycles. The lowest BCUT2D eigenvalue weighted by Crippen LogP contribution is -2.36. The Bertz CT molecular complexity index is 389. The Morgan fingerprint density at radius 3 is 2.75 bits per heavy atom. The minimum atomic E-state index is -0.236. The predicted molar refractivity (Wildman–Crippen MR) is 61.9 cm³/mol. The van der Waals surface area contributed by atoms with Crippen LogP contribution in [0.2, 0.25) is 0 Å². The summed E-state index contributed by atoms with van der Waals surface area (Å²) in [5.74, 6) is -0.383. The first-order valence-corrected chi connectivity index (χ1v) is 5.53. The Labute approximate surface area is 97.5 Å². The van der Waals surface area contributed by atoms with Gasteiger partial charge in [-0.3, -0.25) is 9.59 Å². The SMILES string of the molecule is CN(C)C(=O)CNC(=O)Cc1csc(N)n1. The zero-order chi connectivity index (χ0) is 12.1. The quantitative estimate of drug-likeness (QED) is 0.743. The minimum absolute atomic E-state index is 0.00541. The van der Waals surface area contributed by atoms with Gasteiger partial charge in [-0.05, 0) is 0 Å². The van der Waals surface area contributed by atoms with Crippen LogP contribution >= 0.6 is 11.3 Å². The Kier molecular flexibility index (Phi) is 4.24. The van der Waals surface area contributed by atoms with E-state index in [1.807, 2.05) is 0 Å². The Morgan fingerprint density at radius 2 is 2.25 bits per heavy atom. The molecule has 0 bridgehead atoms. The topological polar surface area (TPSA) is 88.3 Å². The first-order valence-electron chi connectivity index (χ1n) is 4.65. The number of likely N-dealkylation sites (N-methyl/N-ethyl adjacent to an activating group) is 1. The summed E-state index contributed by atoms with van der Waals surface area (Å²) in [6.07, 6.45) is 0.147.